The van der Waals surface area contributed by atoms with Gasteiger partial charge in [0, 0.05) is 25.2 Å². The Labute approximate surface area is 199 Å². The van der Waals surface area contributed by atoms with Crippen molar-refractivity contribution < 1.29 is 28.5 Å². The fourth-order valence-electron chi connectivity index (χ4n) is 4.97. The molecule has 8 nitrogen and oxygen atoms in total. The summed E-state index contributed by atoms with van der Waals surface area (Å²) >= 11 is 0. The highest BCUT2D eigenvalue weighted by molar-refractivity contribution is 6.52. The second-order valence-electron chi connectivity index (χ2n) is 9.04. The van der Waals surface area contributed by atoms with Crippen LogP contribution in [-0.2, 0) is 11.2 Å². The molecular weight excluding hydrogens is 436 g/mol. The predicted octanol–water partition coefficient (Wildman–Crippen LogP) is 3.31. The average Bonchev–Trinajstić information content (AvgIpc) is 3.10. The van der Waals surface area contributed by atoms with Crippen molar-refractivity contribution in [2.24, 2.45) is 5.92 Å². The molecule has 0 aliphatic carbocycles. The molecule has 0 N–H and O–H groups in total. The van der Waals surface area contributed by atoms with Gasteiger partial charge in [0.25, 0.3) is 5.78 Å². The van der Waals surface area contributed by atoms with Crippen LogP contribution in [-0.4, -0.2) is 63.8 Å². The van der Waals surface area contributed by atoms with Crippen molar-refractivity contribution in [1.29, 1.82) is 0 Å². The molecule has 5 rings (SSSR count). The fourth-order valence-corrected chi connectivity index (χ4v) is 4.97. The van der Waals surface area contributed by atoms with E-state index in [1.54, 1.807) is 31.3 Å². The molecule has 0 saturated carbocycles. The van der Waals surface area contributed by atoms with Crippen molar-refractivity contribution >= 4 is 17.4 Å². The largest absolute Gasteiger partial charge is 0.497 e. The number of hydrogen-bond acceptors (Lipinski definition) is 7. The van der Waals surface area contributed by atoms with Crippen LogP contribution in [0, 0.1) is 5.92 Å². The number of ketones is 1. The molecule has 0 atom stereocenters. The number of hydrogen-bond donors (Lipinski definition) is 0. The molecule has 0 radical (unpaired) electrons. The molecule has 1 fully saturated rings. The summed E-state index contributed by atoms with van der Waals surface area (Å²) in [5.74, 6) is 2.41. The first kappa shape index (κ1) is 22.5. The molecular formula is C26H30N2O6. The van der Waals surface area contributed by atoms with Gasteiger partial charge in [-0.15, -0.1) is 0 Å². The number of rotatable bonds is 7. The Morgan fingerprint density at radius 3 is 2.21 bits per heavy atom. The fraction of sp³-hybridized carbons (Fsp3) is 0.462. The highest BCUT2D eigenvalue weighted by Gasteiger charge is 2.39. The maximum atomic E-state index is 12.7. The third kappa shape index (κ3) is 4.42. The van der Waals surface area contributed by atoms with Gasteiger partial charge in [-0.2, -0.15) is 0 Å². The first-order valence-electron chi connectivity index (χ1n) is 11.8. The number of ether oxygens (including phenoxy) is 4. The molecule has 3 aliphatic heterocycles. The van der Waals surface area contributed by atoms with Gasteiger partial charge in [-0.1, -0.05) is 0 Å². The van der Waals surface area contributed by atoms with Gasteiger partial charge in [0.1, 0.15) is 24.7 Å². The van der Waals surface area contributed by atoms with Crippen LogP contribution in [0.1, 0.15) is 35.2 Å². The highest BCUT2D eigenvalue weighted by Crippen LogP contribution is 2.40. The third-order valence-electron chi connectivity index (χ3n) is 6.94. The van der Waals surface area contributed by atoms with Gasteiger partial charge in [-0.25, -0.2) is 0 Å². The van der Waals surface area contributed by atoms with E-state index in [-0.39, 0.29) is 0 Å². The van der Waals surface area contributed by atoms with Gasteiger partial charge in [0.2, 0.25) is 0 Å². The minimum absolute atomic E-state index is 0.401. The lowest BCUT2D eigenvalue weighted by molar-refractivity contribution is -0.114. The minimum Gasteiger partial charge on any atom is -0.497 e. The smallest absolute Gasteiger partial charge is 0.300 e. The van der Waals surface area contributed by atoms with E-state index in [0.29, 0.717) is 48.6 Å². The standard InChI is InChI=1S/C26H30N2O6/c1-31-19-11-18(12-20(13-19)32-2)4-3-17-5-7-27(8-6-17)16-28-22-15-24-23(33-9-10-34-24)14-21(22)25(29)26(28)30/h11-15,17H,3-10,16H2,1-2H3. The number of fused-ring (bicyclic) bond motifs is 2. The summed E-state index contributed by atoms with van der Waals surface area (Å²) in [4.78, 5) is 29.1. The first-order valence-corrected chi connectivity index (χ1v) is 11.8. The van der Waals surface area contributed by atoms with Crippen LogP contribution in [0.15, 0.2) is 30.3 Å². The summed E-state index contributed by atoms with van der Waals surface area (Å²) in [5.41, 5.74) is 2.23. The number of likely N-dealkylation sites (tertiary alicyclic amines) is 1. The van der Waals surface area contributed by atoms with Crippen LogP contribution in [0.25, 0.3) is 0 Å². The molecule has 0 aromatic heterocycles. The van der Waals surface area contributed by atoms with Crippen LogP contribution >= 0.6 is 0 Å². The van der Waals surface area contributed by atoms with Crippen LogP contribution in [0.3, 0.4) is 0 Å². The maximum absolute atomic E-state index is 12.7. The lowest BCUT2D eigenvalue weighted by Gasteiger charge is -2.34. The minimum atomic E-state index is -0.480. The Morgan fingerprint density at radius 2 is 1.56 bits per heavy atom. The normalized spacial score (nSPS) is 18.2. The van der Waals surface area contributed by atoms with Crippen molar-refractivity contribution in [2.75, 3.05) is 52.1 Å². The molecule has 1 saturated heterocycles. The van der Waals surface area contributed by atoms with Gasteiger partial charge >= 0.3 is 5.91 Å². The molecule has 3 aliphatic rings. The Morgan fingerprint density at radius 1 is 0.912 bits per heavy atom. The van der Waals surface area contributed by atoms with E-state index in [1.807, 2.05) is 6.07 Å². The molecule has 180 valence electrons. The van der Waals surface area contributed by atoms with Crippen molar-refractivity contribution in [1.82, 2.24) is 4.90 Å². The second-order valence-corrected chi connectivity index (χ2v) is 9.04. The monoisotopic (exact) mass is 466 g/mol. The average molecular weight is 467 g/mol. The molecule has 0 spiro atoms. The zero-order valence-corrected chi connectivity index (χ0v) is 19.7. The van der Waals surface area contributed by atoms with Gasteiger partial charge in [-0.3, -0.25) is 19.4 Å². The molecule has 0 bridgehead atoms. The zero-order chi connectivity index (χ0) is 23.7. The molecule has 1 amide bonds. The molecule has 34 heavy (non-hydrogen) atoms. The number of Topliss-reactive ketones (excluding diaryl/α,β-unsaturated/α-hetero) is 1. The van der Waals surface area contributed by atoms with Gasteiger partial charge in [-0.05, 0) is 55.4 Å². The van der Waals surface area contributed by atoms with E-state index in [2.05, 4.69) is 17.0 Å². The number of benzene rings is 2. The number of piperidine rings is 1. The van der Waals surface area contributed by atoms with E-state index in [1.165, 1.54) is 5.56 Å². The quantitative estimate of drug-likeness (QED) is 0.580. The second kappa shape index (κ2) is 9.54. The summed E-state index contributed by atoms with van der Waals surface area (Å²) in [6.45, 7) is 3.10. The van der Waals surface area contributed by atoms with E-state index in [9.17, 15) is 9.59 Å². The summed E-state index contributed by atoms with van der Waals surface area (Å²) in [6, 6.07) is 9.43. The summed E-state index contributed by atoms with van der Waals surface area (Å²) in [6.07, 6.45) is 4.19. The van der Waals surface area contributed by atoms with Crippen LogP contribution in [0.4, 0.5) is 5.69 Å². The van der Waals surface area contributed by atoms with Crippen molar-refractivity contribution in [2.45, 2.75) is 25.7 Å². The maximum Gasteiger partial charge on any atom is 0.300 e. The predicted molar refractivity (Wildman–Crippen MR) is 126 cm³/mol. The van der Waals surface area contributed by atoms with Gasteiger partial charge in [0.05, 0.1) is 32.1 Å². The van der Waals surface area contributed by atoms with Crippen LogP contribution in [0.5, 0.6) is 23.0 Å². The van der Waals surface area contributed by atoms with Crippen LogP contribution < -0.4 is 23.8 Å². The number of nitrogens with zero attached hydrogens (tertiary/aromatic N) is 2. The number of anilines is 1. The van der Waals surface area contributed by atoms with E-state index in [0.717, 1.165) is 50.3 Å². The number of aryl methyl sites for hydroxylation is 1. The number of amides is 1. The van der Waals surface area contributed by atoms with Crippen molar-refractivity contribution in [3.05, 3.63) is 41.5 Å². The Balaban J connectivity index is 1.18. The molecule has 3 heterocycles. The lowest BCUT2D eigenvalue weighted by atomic mass is 9.90. The SMILES string of the molecule is COc1cc(CCC2CCN(CN3C(=O)C(=O)c4cc5c(cc43)OCCO5)CC2)cc(OC)c1. The number of carbonyl (C=O) groups excluding carboxylic acids is 2. The van der Waals surface area contributed by atoms with E-state index < -0.39 is 11.7 Å². The topological polar surface area (TPSA) is 77.5 Å². The summed E-state index contributed by atoms with van der Waals surface area (Å²) in [7, 11) is 3.34. The van der Waals surface area contributed by atoms with Crippen LogP contribution in [0.2, 0.25) is 0 Å². The first-order chi connectivity index (χ1) is 16.6. The molecule has 2 aromatic carbocycles. The van der Waals surface area contributed by atoms with E-state index in [4.69, 9.17) is 18.9 Å². The number of carbonyl (C=O) groups is 2. The van der Waals surface area contributed by atoms with Crippen molar-refractivity contribution in [3.8, 4) is 23.0 Å². The molecule has 0 unspecified atom stereocenters. The third-order valence-corrected chi connectivity index (χ3v) is 6.94. The molecule has 2 aromatic rings. The molecule has 8 heteroatoms. The van der Waals surface area contributed by atoms with Gasteiger partial charge in [0.15, 0.2) is 11.5 Å². The summed E-state index contributed by atoms with van der Waals surface area (Å²) < 4.78 is 22.0. The summed E-state index contributed by atoms with van der Waals surface area (Å²) in [5, 5.41) is 0. The Bertz CT molecular complexity index is 1070. The zero-order valence-electron chi connectivity index (χ0n) is 19.7. The highest BCUT2D eigenvalue weighted by atomic mass is 16.6. The van der Waals surface area contributed by atoms with E-state index >= 15 is 0 Å². The lowest BCUT2D eigenvalue weighted by Crippen LogP contribution is -2.44. The Kier molecular flexibility index (Phi) is 6.32. The van der Waals surface area contributed by atoms with Crippen molar-refractivity contribution in [3.63, 3.8) is 0 Å². The van der Waals surface area contributed by atoms with Gasteiger partial charge < -0.3 is 18.9 Å². The Hall–Kier alpha value is -3.26. The number of methoxy groups -OCH3 is 2.